The number of thiophene rings is 1. The molecule has 8 heteroatoms. The Bertz CT molecular complexity index is 1210. The maximum Gasteiger partial charge on any atom is 0.231 e. The molecule has 0 bridgehead atoms. The second kappa shape index (κ2) is 8.48. The molecule has 32 heavy (non-hydrogen) atoms. The average Bonchev–Trinajstić information content (AvgIpc) is 3.46. The summed E-state index contributed by atoms with van der Waals surface area (Å²) in [7, 11) is 3.73. The van der Waals surface area contributed by atoms with Crippen LogP contribution in [0.3, 0.4) is 0 Å². The molecule has 5 rings (SSSR count). The Morgan fingerprint density at radius 1 is 1.22 bits per heavy atom. The molecule has 1 aliphatic carbocycles. The number of fused-ring (bicyclic) bond motifs is 2. The fourth-order valence-corrected chi connectivity index (χ4v) is 6.60. The van der Waals surface area contributed by atoms with Crippen LogP contribution in [-0.4, -0.2) is 39.3 Å². The lowest BCUT2D eigenvalue weighted by atomic mass is 9.87. The van der Waals surface area contributed by atoms with Crippen LogP contribution in [0.4, 0.5) is 5.69 Å². The van der Waals surface area contributed by atoms with Gasteiger partial charge in [-0.25, -0.2) is 0 Å². The molecule has 0 unspecified atom stereocenters. The van der Waals surface area contributed by atoms with E-state index in [1.54, 1.807) is 18.0 Å². The van der Waals surface area contributed by atoms with Gasteiger partial charge in [0.15, 0.2) is 16.8 Å². The summed E-state index contributed by atoms with van der Waals surface area (Å²) in [6, 6.07) is 7.80. The normalized spacial score (nSPS) is 17.5. The SMILES string of the molecule is CC[C@H]1CCc2sc(-c3nnc(SCC(=O)c4ccc5c(c4)CC(=O)N5C)n3C)cc2C1. The zero-order valence-corrected chi connectivity index (χ0v) is 20.2. The molecule has 0 saturated carbocycles. The molecule has 1 aromatic carbocycles. The number of thioether (sulfide) groups is 1. The molecule has 0 N–H and O–H groups in total. The van der Waals surface area contributed by atoms with Gasteiger partial charge < -0.3 is 9.47 Å². The van der Waals surface area contributed by atoms with Crippen LogP contribution in [0.5, 0.6) is 0 Å². The van der Waals surface area contributed by atoms with Crippen LogP contribution in [0.2, 0.25) is 0 Å². The molecule has 1 amide bonds. The number of amides is 1. The number of carbonyl (C=O) groups excluding carboxylic acids is 2. The zero-order chi connectivity index (χ0) is 22.4. The first-order valence-electron chi connectivity index (χ1n) is 11.0. The van der Waals surface area contributed by atoms with Gasteiger partial charge in [0.1, 0.15) is 0 Å². The summed E-state index contributed by atoms with van der Waals surface area (Å²) in [5.41, 5.74) is 3.91. The monoisotopic (exact) mass is 466 g/mol. The summed E-state index contributed by atoms with van der Waals surface area (Å²) in [6.45, 7) is 2.27. The predicted octanol–water partition coefficient (Wildman–Crippen LogP) is 4.55. The van der Waals surface area contributed by atoms with Gasteiger partial charge in [-0.1, -0.05) is 25.1 Å². The van der Waals surface area contributed by atoms with Crippen LogP contribution in [0, 0.1) is 5.92 Å². The summed E-state index contributed by atoms with van der Waals surface area (Å²) < 4.78 is 1.99. The van der Waals surface area contributed by atoms with Crippen molar-refractivity contribution in [2.75, 3.05) is 17.7 Å². The Kier molecular flexibility index (Phi) is 5.67. The first-order valence-corrected chi connectivity index (χ1v) is 12.8. The highest BCUT2D eigenvalue weighted by atomic mass is 32.2. The number of aromatic nitrogens is 3. The van der Waals surface area contributed by atoms with Crippen molar-refractivity contribution in [3.63, 3.8) is 0 Å². The van der Waals surface area contributed by atoms with Gasteiger partial charge in [-0.2, -0.15) is 0 Å². The summed E-state index contributed by atoms with van der Waals surface area (Å²) >= 11 is 3.24. The third kappa shape index (κ3) is 3.79. The number of carbonyl (C=O) groups is 2. The zero-order valence-electron chi connectivity index (χ0n) is 18.6. The molecule has 0 fully saturated rings. The van der Waals surface area contributed by atoms with E-state index in [0.717, 1.165) is 39.4 Å². The third-order valence-electron chi connectivity index (χ3n) is 6.63. The van der Waals surface area contributed by atoms with Gasteiger partial charge in [-0.3, -0.25) is 9.59 Å². The van der Waals surface area contributed by atoms with Crippen molar-refractivity contribution in [1.29, 1.82) is 0 Å². The van der Waals surface area contributed by atoms with Crippen LogP contribution in [0.1, 0.15) is 46.1 Å². The molecule has 0 radical (unpaired) electrons. The lowest BCUT2D eigenvalue weighted by Gasteiger charge is -2.19. The Hall–Kier alpha value is -2.45. The van der Waals surface area contributed by atoms with Crippen molar-refractivity contribution in [2.24, 2.45) is 13.0 Å². The van der Waals surface area contributed by atoms with E-state index in [0.29, 0.717) is 12.0 Å². The topological polar surface area (TPSA) is 68.1 Å². The largest absolute Gasteiger partial charge is 0.315 e. The lowest BCUT2D eigenvalue weighted by molar-refractivity contribution is -0.117. The van der Waals surface area contributed by atoms with E-state index in [1.165, 1.54) is 41.5 Å². The van der Waals surface area contributed by atoms with Crippen molar-refractivity contribution in [3.05, 3.63) is 45.8 Å². The molecule has 6 nitrogen and oxygen atoms in total. The van der Waals surface area contributed by atoms with Gasteiger partial charge in [-0.05, 0) is 60.6 Å². The average molecular weight is 467 g/mol. The molecule has 0 spiro atoms. The van der Waals surface area contributed by atoms with E-state index in [9.17, 15) is 9.59 Å². The number of Topliss-reactive ketones (excluding diaryl/α,β-unsaturated/α-hetero) is 1. The molecule has 3 heterocycles. The number of hydrogen-bond acceptors (Lipinski definition) is 6. The van der Waals surface area contributed by atoms with Crippen molar-refractivity contribution < 1.29 is 9.59 Å². The van der Waals surface area contributed by atoms with E-state index >= 15 is 0 Å². The highest BCUT2D eigenvalue weighted by molar-refractivity contribution is 7.99. The maximum absolute atomic E-state index is 12.8. The lowest BCUT2D eigenvalue weighted by Crippen LogP contribution is -2.20. The Morgan fingerprint density at radius 3 is 2.88 bits per heavy atom. The maximum atomic E-state index is 12.8. The first-order chi connectivity index (χ1) is 15.4. The van der Waals surface area contributed by atoms with E-state index in [2.05, 4.69) is 23.2 Å². The minimum Gasteiger partial charge on any atom is -0.315 e. The summed E-state index contributed by atoms with van der Waals surface area (Å²) in [5.74, 6) is 2.03. The highest BCUT2D eigenvalue weighted by Crippen LogP contribution is 2.38. The summed E-state index contributed by atoms with van der Waals surface area (Å²) in [5, 5.41) is 9.52. The molecule has 3 aromatic rings. The number of nitrogens with zero attached hydrogens (tertiary/aromatic N) is 4. The van der Waals surface area contributed by atoms with Gasteiger partial charge in [-0.15, -0.1) is 21.5 Å². The predicted molar refractivity (Wildman–Crippen MR) is 129 cm³/mol. The molecule has 2 aromatic heterocycles. The van der Waals surface area contributed by atoms with E-state index in [-0.39, 0.29) is 17.4 Å². The number of hydrogen-bond donors (Lipinski definition) is 0. The minimum atomic E-state index is 0.0292. The minimum absolute atomic E-state index is 0.0292. The van der Waals surface area contributed by atoms with E-state index < -0.39 is 0 Å². The molecular formula is C24H26N4O2S2. The second-order valence-corrected chi connectivity index (χ2v) is 10.7. The van der Waals surface area contributed by atoms with E-state index in [1.807, 2.05) is 35.1 Å². The molecule has 166 valence electrons. The Labute approximate surface area is 196 Å². The van der Waals surface area contributed by atoms with Crippen LogP contribution in [0.25, 0.3) is 10.7 Å². The van der Waals surface area contributed by atoms with Gasteiger partial charge in [0.2, 0.25) is 5.91 Å². The summed E-state index contributed by atoms with van der Waals surface area (Å²) in [6.07, 6.45) is 5.20. The van der Waals surface area contributed by atoms with Crippen molar-refractivity contribution >= 4 is 40.5 Å². The van der Waals surface area contributed by atoms with Gasteiger partial charge >= 0.3 is 0 Å². The first kappa shape index (κ1) is 21.4. The molecular weight excluding hydrogens is 440 g/mol. The van der Waals surface area contributed by atoms with Crippen molar-refractivity contribution in [2.45, 2.75) is 44.2 Å². The Morgan fingerprint density at radius 2 is 2.06 bits per heavy atom. The molecule has 2 aliphatic rings. The van der Waals surface area contributed by atoms with Crippen molar-refractivity contribution in [3.8, 4) is 10.7 Å². The second-order valence-electron chi connectivity index (χ2n) is 8.63. The summed E-state index contributed by atoms with van der Waals surface area (Å²) in [4.78, 5) is 29.0. The number of rotatable bonds is 6. The van der Waals surface area contributed by atoms with Crippen LogP contribution >= 0.6 is 23.1 Å². The molecule has 0 saturated heterocycles. The fourth-order valence-electron chi connectivity index (χ4n) is 4.57. The number of anilines is 1. The van der Waals surface area contributed by atoms with Gasteiger partial charge in [0, 0.05) is 30.2 Å². The molecule has 1 atom stereocenters. The number of benzene rings is 1. The number of aryl methyl sites for hydroxylation is 1. The smallest absolute Gasteiger partial charge is 0.231 e. The standard InChI is InChI=1S/C24H26N4O2S2/c1-4-14-5-8-20-17(9-14)11-21(32-20)23-25-26-24(28(23)3)31-13-19(29)15-6-7-18-16(10-15)12-22(30)27(18)2/h6-7,10-11,14H,4-5,8-9,12-13H2,1-3H3/t14-/m0/s1. The van der Waals surface area contributed by atoms with Gasteiger partial charge in [0.25, 0.3) is 0 Å². The quantitative estimate of drug-likeness (QED) is 0.394. The van der Waals surface area contributed by atoms with Crippen LogP contribution < -0.4 is 4.90 Å². The van der Waals surface area contributed by atoms with Crippen molar-refractivity contribution in [1.82, 2.24) is 14.8 Å². The van der Waals surface area contributed by atoms with Gasteiger partial charge in [0.05, 0.1) is 17.1 Å². The molecule has 1 aliphatic heterocycles. The highest BCUT2D eigenvalue weighted by Gasteiger charge is 2.25. The third-order valence-corrected chi connectivity index (χ3v) is 8.88. The Balaban J connectivity index is 1.28. The van der Waals surface area contributed by atoms with E-state index in [4.69, 9.17) is 0 Å². The van der Waals surface area contributed by atoms with Crippen LogP contribution in [-0.2, 0) is 31.1 Å². The number of likely N-dealkylation sites (N-methyl/N-ethyl adjacent to an activating group) is 1. The fraction of sp³-hybridized carbons (Fsp3) is 0.417. The number of ketones is 1. The van der Waals surface area contributed by atoms with Crippen LogP contribution in [0.15, 0.2) is 29.4 Å².